The predicted molar refractivity (Wildman–Crippen MR) is 69.5 cm³/mol. The number of benzene rings is 1. The van der Waals surface area contributed by atoms with Crippen molar-refractivity contribution in [3.8, 4) is 17.0 Å². The first-order chi connectivity index (χ1) is 9.15. The molecule has 0 amide bonds. The fourth-order valence-corrected chi connectivity index (χ4v) is 1.71. The zero-order chi connectivity index (χ0) is 13.8. The zero-order valence-corrected chi connectivity index (χ0v) is 10.5. The number of hydrogen-bond acceptors (Lipinski definition) is 4. The van der Waals surface area contributed by atoms with E-state index in [4.69, 9.17) is 10.5 Å². The Morgan fingerprint density at radius 2 is 2.16 bits per heavy atom. The lowest BCUT2D eigenvalue weighted by molar-refractivity contribution is 0.386. The van der Waals surface area contributed by atoms with Gasteiger partial charge in [-0.3, -0.25) is 4.79 Å². The average molecular weight is 263 g/mol. The molecule has 2 N–H and O–H groups in total. The third-order valence-corrected chi connectivity index (χ3v) is 2.66. The van der Waals surface area contributed by atoms with Crippen molar-refractivity contribution in [1.29, 1.82) is 0 Å². The lowest BCUT2D eigenvalue weighted by Gasteiger charge is -2.07. The van der Waals surface area contributed by atoms with Crippen LogP contribution in [0.25, 0.3) is 11.3 Å². The van der Waals surface area contributed by atoms with E-state index < -0.39 is 5.82 Å². The molecule has 0 atom stereocenters. The summed E-state index contributed by atoms with van der Waals surface area (Å²) in [6.45, 7) is 0.638. The number of aromatic nitrogens is 2. The average Bonchev–Trinajstić information content (AvgIpc) is 2.41. The van der Waals surface area contributed by atoms with Crippen molar-refractivity contribution < 1.29 is 9.13 Å². The summed E-state index contributed by atoms with van der Waals surface area (Å²) in [5.41, 5.74) is 6.25. The van der Waals surface area contributed by atoms with Gasteiger partial charge in [-0.25, -0.2) is 9.07 Å². The summed E-state index contributed by atoms with van der Waals surface area (Å²) < 4.78 is 19.7. The van der Waals surface area contributed by atoms with Crippen molar-refractivity contribution >= 4 is 0 Å². The van der Waals surface area contributed by atoms with Crippen LogP contribution >= 0.6 is 0 Å². The Bertz CT molecular complexity index is 640. The highest BCUT2D eigenvalue weighted by molar-refractivity contribution is 5.59. The van der Waals surface area contributed by atoms with Gasteiger partial charge in [-0.2, -0.15) is 5.10 Å². The van der Waals surface area contributed by atoms with Gasteiger partial charge >= 0.3 is 0 Å². The lowest BCUT2D eigenvalue weighted by Crippen LogP contribution is -2.25. The summed E-state index contributed by atoms with van der Waals surface area (Å²) in [7, 11) is 1.40. The SMILES string of the molecule is COc1ccc(-c2ccc(=O)n(CCN)n2)cc1F. The van der Waals surface area contributed by atoms with Crippen LogP contribution in [-0.4, -0.2) is 23.4 Å². The third kappa shape index (κ3) is 2.79. The topological polar surface area (TPSA) is 70.1 Å². The number of ether oxygens (including phenoxy) is 1. The van der Waals surface area contributed by atoms with E-state index >= 15 is 0 Å². The van der Waals surface area contributed by atoms with Gasteiger partial charge in [0.05, 0.1) is 19.3 Å². The molecule has 0 saturated heterocycles. The van der Waals surface area contributed by atoms with Crippen molar-refractivity contribution in [1.82, 2.24) is 9.78 Å². The smallest absolute Gasteiger partial charge is 0.266 e. The third-order valence-electron chi connectivity index (χ3n) is 2.66. The Morgan fingerprint density at radius 1 is 1.37 bits per heavy atom. The first-order valence-corrected chi connectivity index (χ1v) is 5.78. The van der Waals surface area contributed by atoms with Crippen molar-refractivity contribution in [2.24, 2.45) is 5.73 Å². The second kappa shape index (κ2) is 5.62. The highest BCUT2D eigenvalue weighted by atomic mass is 19.1. The predicted octanol–water partition coefficient (Wildman–Crippen LogP) is 1.02. The molecular weight excluding hydrogens is 249 g/mol. The van der Waals surface area contributed by atoms with Crippen LogP contribution in [0.1, 0.15) is 0 Å². The Labute approximate surface area is 109 Å². The van der Waals surface area contributed by atoms with Crippen LogP contribution in [0.4, 0.5) is 4.39 Å². The summed E-state index contributed by atoms with van der Waals surface area (Å²) in [5, 5.41) is 4.15. The normalized spacial score (nSPS) is 10.5. The molecule has 2 rings (SSSR count). The van der Waals surface area contributed by atoms with Gasteiger partial charge in [0, 0.05) is 18.2 Å². The minimum absolute atomic E-state index is 0.166. The molecule has 2 aromatic rings. The van der Waals surface area contributed by atoms with E-state index in [1.54, 1.807) is 12.1 Å². The summed E-state index contributed by atoms with van der Waals surface area (Å²) in [4.78, 5) is 11.5. The Morgan fingerprint density at radius 3 is 2.79 bits per heavy atom. The molecule has 0 fully saturated rings. The van der Waals surface area contributed by atoms with Crippen LogP contribution in [0, 0.1) is 5.82 Å². The van der Waals surface area contributed by atoms with Gasteiger partial charge in [0.25, 0.3) is 5.56 Å². The second-order valence-corrected chi connectivity index (χ2v) is 3.92. The molecule has 0 aliphatic carbocycles. The van der Waals surface area contributed by atoms with E-state index in [1.165, 1.54) is 30.0 Å². The summed E-state index contributed by atoms with van der Waals surface area (Å²) >= 11 is 0. The van der Waals surface area contributed by atoms with Gasteiger partial charge in [-0.15, -0.1) is 0 Å². The monoisotopic (exact) mass is 263 g/mol. The Balaban J connectivity index is 2.44. The number of nitrogens with two attached hydrogens (primary N) is 1. The minimum atomic E-state index is -0.474. The molecule has 1 heterocycles. The van der Waals surface area contributed by atoms with E-state index in [-0.39, 0.29) is 11.3 Å². The maximum absolute atomic E-state index is 13.6. The molecule has 0 radical (unpaired) electrons. The van der Waals surface area contributed by atoms with Crippen molar-refractivity contribution in [2.45, 2.75) is 6.54 Å². The molecule has 5 nitrogen and oxygen atoms in total. The molecule has 19 heavy (non-hydrogen) atoms. The van der Waals surface area contributed by atoms with Gasteiger partial charge in [0.2, 0.25) is 0 Å². The van der Waals surface area contributed by atoms with E-state index in [0.717, 1.165) is 0 Å². The summed E-state index contributed by atoms with van der Waals surface area (Å²) in [6, 6.07) is 7.46. The first kappa shape index (κ1) is 13.2. The standard InChI is InChI=1S/C13H14FN3O2/c1-19-12-4-2-9(8-10(12)14)11-3-5-13(18)17(16-11)7-6-15/h2-5,8H,6-7,15H2,1H3. The summed E-state index contributed by atoms with van der Waals surface area (Å²) in [6.07, 6.45) is 0. The van der Waals surface area contributed by atoms with Crippen LogP contribution < -0.4 is 16.0 Å². The van der Waals surface area contributed by atoms with Crippen LogP contribution in [0.5, 0.6) is 5.75 Å². The molecule has 1 aromatic heterocycles. The van der Waals surface area contributed by atoms with Crippen LogP contribution in [0.2, 0.25) is 0 Å². The number of hydrogen-bond donors (Lipinski definition) is 1. The van der Waals surface area contributed by atoms with Gasteiger partial charge in [0.1, 0.15) is 0 Å². The molecule has 0 saturated carbocycles. The van der Waals surface area contributed by atoms with Crippen molar-refractivity contribution in [2.75, 3.05) is 13.7 Å². The minimum Gasteiger partial charge on any atom is -0.494 e. The summed E-state index contributed by atoms with van der Waals surface area (Å²) in [5.74, 6) is -0.308. The Hall–Kier alpha value is -2.21. The van der Waals surface area contributed by atoms with Gasteiger partial charge < -0.3 is 10.5 Å². The highest BCUT2D eigenvalue weighted by Crippen LogP contribution is 2.23. The van der Waals surface area contributed by atoms with Gasteiger partial charge in [-0.05, 0) is 24.3 Å². The molecule has 0 bridgehead atoms. The fraction of sp³-hybridized carbons (Fsp3) is 0.231. The molecule has 100 valence electrons. The number of rotatable bonds is 4. The van der Waals surface area contributed by atoms with E-state index in [1.807, 2.05) is 0 Å². The number of methoxy groups -OCH3 is 1. The van der Waals surface area contributed by atoms with Crippen LogP contribution in [-0.2, 0) is 6.54 Å². The molecule has 0 aliphatic rings. The maximum Gasteiger partial charge on any atom is 0.266 e. The first-order valence-electron chi connectivity index (χ1n) is 5.78. The second-order valence-electron chi connectivity index (χ2n) is 3.92. The molecule has 6 heteroatoms. The lowest BCUT2D eigenvalue weighted by atomic mass is 10.1. The van der Waals surface area contributed by atoms with Gasteiger partial charge in [0.15, 0.2) is 11.6 Å². The largest absolute Gasteiger partial charge is 0.494 e. The van der Waals surface area contributed by atoms with Crippen LogP contribution in [0.15, 0.2) is 35.1 Å². The molecule has 0 aliphatic heterocycles. The quantitative estimate of drug-likeness (QED) is 0.894. The van der Waals surface area contributed by atoms with E-state index in [0.29, 0.717) is 24.3 Å². The van der Waals surface area contributed by atoms with Crippen LogP contribution in [0.3, 0.4) is 0 Å². The molecular formula is C13H14FN3O2. The fourth-order valence-electron chi connectivity index (χ4n) is 1.71. The Kier molecular flexibility index (Phi) is 3.91. The number of halogens is 1. The molecule has 1 aromatic carbocycles. The van der Waals surface area contributed by atoms with E-state index in [9.17, 15) is 9.18 Å². The number of nitrogens with zero attached hydrogens (tertiary/aromatic N) is 2. The van der Waals surface area contributed by atoms with Crippen molar-refractivity contribution in [3.63, 3.8) is 0 Å². The highest BCUT2D eigenvalue weighted by Gasteiger charge is 2.07. The van der Waals surface area contributed by atoms with Crippen molar-refractivity contribution in [3.05, 3.63) is 46.5 Å². The maximum atomic E-state index is 13.6. The zero-order valence-electron chi connectivity index (χ0n) is 10.5. The molecule has 0 unspecified atom stereocenters. The molecule has 0 spiro atoms. The van der Waals surface area contributed by atoms with Gasteiger partial charge in [-0.1, -0.05) is 0 Å². The van der Waals surface area contributed by atoms with E-state index in [2.05, 4.69) is 5.10 Å².